The predicted molar refractivity (Wildman–Crippen MR) is 70.2 cm³/mol. The zero-order chi connectivity index (χ0) is 13.3. The minimum absolute atomic E-state index is 0.0802. The zero-order valence-corrected chi connectivity index (χ0v) is 10.6. The van der Waals surface area contributed by atoms with Gasteiger partial charge >= 0.3 is 0 Å². The largest absolute Gasteiger partial charge is 0.507 e. The Labute approximate surface area is 105 Å². The number of aromatic hydroxyl groups is 1. The highest BCUT2D eigenvalue weighted by Gasteiger charge is 2.12. The third-order valence-electron chi connectivity index (χ3n) is 2.79. The van der Waals surface area contributed by atoms with Crippen LogP contribution in [-0.2, 0) is 0 Å². The van der Waals surface area contributed by atoms with Crippen LogP contribution in [-0.4, -0.2) is 37.1 Å². The third-order valence-corrected chi connectivity index (χ3v) is 2.79. The minimum atomic E-state index is -0.136. The fourth-order valence-corrected chi connectivity index (χ4v) is 1.83. The Morgan fingerprint density at radius 3 is 2.56 bits per heavy atom. The summed E-state index contributed by atoms with van der Waals surface area (Å²) in [6.45, 7) is 0. The smallest absolute Gasteiger partial charge is 0.253 e. The molecule has 94 valence electrons. The van der Waals surface area contributed by atoms with Crippen molar-refractivity contribution in [3.63, 3.8) is 0 Å². The summed E-state index contributed by atoms with van der Waals surface area (Å²) < 4.78 is 5.11. The molecule has 0 aliphatic carbocycles. The molecule has 4 heteroatoms. The van der Waals surface area contributed by atoms with E-state index in [1.54, 1.807) is 39.4 Å². The first-order valence-corrected chi connectivity index (χ1v) is 5.55. The lowest BCUT2D eigenvalue weighted by Gasteiger charge is -2.12. The van der Waals surface area contributed by atoms with Gasteiger partial charge in [-0.05, 0) is 29.7 Å². The summed E-state index contributed by atoms with van der Waals surface area (Å²) in [7, 11) is 4.93. The van der Waals surface area contributed by atoms with Crippen molar-refractivity contribution in [2.45, 2.75) is 0 Å². The molecule has 0 atom stereocenters. The topological polar surface area (TPSA) is 49.8 Å². The molecule has 0 saturated carbocycles. The van der Waals surface area contributed by atoms with Gasteiger partial charge in [0.05, 0.1) is 7.11 Å². The maximum Gasteiger partial charge on any atom is 0.253 e. The second-order valence-corrected chi connectivity index (χ2v) is 4.28. The van der Waals surface area contributed by atoms with Gasteiger partial charge in [0.25, 0.3) is 5.91 Å². The van der Waals surface area contributed by atoms with Crippen LogP contribution in [0, 0.1) is 0 Å². The molecule has 0 bridgehead atoms. The molecule has 0 aromatic heterocycles. The second kappa shape index (κ2) is 4.56. The molecule has 0 heterocycles. The normalized spacial score (nSPS) is 10.4. The Hall–Kier alpha value is -2.23. The molecule has 2 aromatic rings. The number of benzene rings is 2. The summed E-state index contributed by atoms with van der Waals surface area (Å²) >= 11 is 0. The summed E-state index contributed by atoms with van der Waals surface area (Å²) in [6, 6.07) is 8.60. The van der Waals surface area contributed by atoms with E-state index in [0.29, 0.717) is 16.7 Å². The number of phenols is 1. The summed E-state index contributed by atoms with van der Waals surface area (Å²) in [6.07, 6.45) is 0. The van der Waals surface area contributed by atoms with Crippen LogP contribution in [0.25, 0.3) is 10.8 Å². The Kier molecular flexibility index (Phi) is 3.10. The van der Waals surface area contributed by atoms with Gasteiger partial charge in [-0.3, -0.25) is 4.79 Å². The number of hydrogen-bond donors (Lipinski definition) is 1. The molecule has 0 unspecified atom stereocenters. The molecule has 4 nitrogen and oxygen atoms in total. The minimum Gasteiger partial charge on any atom is -0.507 e. The number of methoxy groups -OCH3 is 1. The molecular weight excluding hydrogens is 230 g/mol. The molecule has 0 fully saturated rings. The van der Waals surface area contributed by atoms with Crippen molar-refractivity contribution in [1.82, 2.24) is 4.90 Å². The first-order chi connectivity index (χ1) is 8.52. The van der Waals surface area contributed by atoms with Crippen molar-refractivity contribution < 1.29 is 14.6 Å². The molecule has 2 rings (SSSR count). The van der Waals surface area contributed by atoms with E-state index in [2.05, 4.69) is 0 Å². The fourth-order valence-electron chi connectivity index (χ4n) is 1.83. The van der Waals surface area contributed by atoms with E-state index in [9.17, 15) is 9.90 Å². The number of carbonyl (C=O) groups excluding carboxylic acids is 1. The van der Waals surface area contributed by atoms with Crippen LogP contribution in [0.1, 0.15) is 10.4 Å². The quantitative estimate of drug-likeness (QED) is 0.882. The molecule has 2 aromatic carbocycles. The van der Waals surface area contributed by atoms with Crippen LogP contribution in [0.5, 0.6) is 11.5 Å². The van der Waals surface area contributed by atoms with Crippen LogP contribution in [0.2, 0.25) is 0 Å². The van der Waals surface area contributed by atoms with Gasteiger partial charge in [0.2, 0.25) is 0 Å². The van der Waals surface area contributed by atoms with Crippen LogP contribution >= 0.6 is 0 Å². The fraction of sp³-hybridized carbons (Fsp3) is 0.214. The first kappa shape index (κ1) is 12.2. The average molecular weight is 245 g/mol. The zero-order valence-electron chi connectivity index (χ0n) is 10.6. The van der Waals surface area contributed by atoms with E-state index in [0.717, 1.165) is 5.39 Å². The molecule has 18 heavy (non-hydrogen) atoms. The highest BCUT2D eigenvalue weighted by Crippen LogP contribution is 2.30. The Morgan fingerprint density at radius 1 is 1.22 bits per heavy atom. The molecule has 0 saturated heterocycles. The number of phenolic OH excluding ortho intramolecular Hbond substituents is 1. The number of ether oxygens (including phenoxy) is 1. The van der Waals surface area contributed by atoms with E-state index in [-0.39, 0.29) is 11.7 Å². The van der Waals surface area contributed by atoms with Gasteiger partial charge in [-0.2, -0.15) is 0 Å². The first-order valence-electron chi connectivity index (χ1n) is 5.55. The lowest BCUT2D eigenvalue weighted by molar-refractivity contribution is 0.0827. The van der Waals surface area contributed by atoms with E-state index >= 15 is 0 Å². The molecule has 0 radical (unpaired) electrons. The van der Waals surface area contributed by atoms with E-state index in [1.807, 2.05) is 6.07 Å². The van der Waals surface area contributed by atoms with Crippen LogP contribution in [0.3, 0.4) is 0 Å². The lowest BCUT2D eigenvalue weighted by Crippen LogP contribution is -2.21. The number of amides is 1. The predicted octanol–water partition coefficient (Wildman–Crippen LogP) is 2.26. The summed E-state index contributed by atoms with van der Waals surface area (Å²) in [5.41, 5.74) is 0.468. The average Bonchev–Trinajstić information content (AvgIpc) is 2.37. The van der Waals surface area contributed by atoms with Crippen molar-refractivity contribution in [2.75, 3.05) is 21.2 Å². The Balaban J connectivity index is 2.60. The molecular formula is C14H15NO3. The van der Waals surface area contributed by atoms with E-state index < -0.39 is 0 Å². The SMILES string of the molecule is COc1ccc2cc(C(=O)N(C)C)cc(O)c2c1. The van der Waals surface area contributed by atoms with Crippen molar-refractivity contribution in [1.29, 1.82) is 0 Å². The van der Waals surface area contributed by atoms with Gasteiger partial charge in [-0.15, -0.1) is 0 Å². The summed E-state index contributed by atoms with van der Waals surface area (Å²) in [5.74, 6) is 0.615. The Bertz CT molecular complexity index is 605. The van der Waals surface area contributed by atoms with Crippen molar-refractivity contribution in [3.05, 3.63) is 35.9 Å². The van der Waals surface area contributed by atoms with Gasteiger partial charge in [0.1, 0.15) is 11.5 Å². The highest BCUT2D eigenvalue weighted by molar-refractivity contribution is 6.00. The van der Waals surface area contributed by atoms with Crippen molar-refractivity contribution >= 4 is 16.7 Å². The molecule has 1 amide bonds. The van der Waals surface area contributed by atoms with E-state index in [4.69, 9.17) is 4.74 Å². The number of rotatable bonds is 2. The van der Waals surface area contributed by atoms with Gasteiger partial charge in [0, 0.05) is 25.0 Å². The molecule has 0 aliphatic heterocycles. The molecule has 1 N–H and O–H groups in total. The number of hydrogen-bond acceptors (Lipinski definition) is 3. The van der Waals surface area contributed by atoms with Crippen molar-refractivity contribution in [2.24, 2.45) is 0 Å². The van der Waals surface area contributed by atoms with Gasteiger partial charge in [-0.1, -0.05) is 6.07 Å². The van der Waals surface area contributed by atoms with Crippen LogP contribution in [0.15, 0.2) is 30.3 Å². The maximum atomic E-state index is 11.9. The number of carbonyl (C=O) groups is 1. The Morgan fingerprint density at radius 2 is 1.94 bits per heavy atom. The van der Waals surface area contributed by atoms with Crippen LogP contribution in [0.4, 0.5) is 0 Å². The third kappa shape index (κ3) is 2.09. The number of fused-ring (bicyclic) bond motifs is 1. The van der Waals surface area contributed by atoms with E-state index in [1.165, 1.54) is 11.0 Å². The standard InChI is InChI=1S/C14H15NO3/c1-15(2)14(17)10-6-9-4-5-11(18-3)8-12(9)13(16)7-10/h4-8,16H,1-3H3. The van der Waals surface area contributed by atoms with Gasteiger partial charge in [-0.25, -0.2) is 0 Å². The number of nitrogens with zero attached hydrogens (tertiary/aromatic N) is 1. The summed E-state index contributed by atoms with van der Waals surface area (Å²) in [5, 5.41) is 11.5. The lowest BCUT2D eigenvalue weighted by atomic mass is 10.0. The highest BCUT2D eigenvalue weighted by atomic mass is 16.5. The maximum absolute atomic E-state index is 11.9. The van der Waals surface area contributed by atoms with Crippen molar-refractivity contribution in [3.8, 4) is 11.5 Å². The summed E-state index contributed by atoms with van der Waals surface area (Å²) in [4.78, 5) is 13.3. The van der Waals surface area contributed by atoms with Gasteiger partial charge in [0.15, 0.2) is 0 Å². The van der Waals surface area contributed by atoms with Crippen LogP contribution < -0.4 is 4.74 Å². The second-order valence-electron chi connectivity index (χ2n) is 4.28. The monoisotopic (exact) mass is 245 g/mol. The molecule has 0 aliphatic rings. The molecule has 0 spiro atoms. The van der Waals surface area contributed by atoms with Gasteiger partial charge < -0.3 is 14.7 Å².